The summed E-state index contributed by atoms with van der Waals surface area (Å²) in [5.41, 5.74) is 0.482. The second-order valence-corrected chi connectivity index (χ2v) is 6.82. The van der Waals surface area contributed by atoms with E-state index in [1.165, 1.54) is 12.1 Å². The van der Waals surface area contributed by atoms with E-state index >= 15 is 0 Å². The molecule has 0 fully saturated rings. The number of sulfonamides is 1. The predicted molar refractivity (Wildman–Crippen MR) is 80.5 cm³/mol. The van der Waals surface area contributed by atoms with Crippen molar-refractivity contribution >= 4 is 15.9 Å². The molecule has 0 bridgehead atoms. The van der Waals surface area contributed by atoms with E-state index in [4.69, 9.17) is 9.88 Å². The van der Waals surface area contributed by atoms with Gasteiger partial charge in [-0.25, -0.2) is 13.6 Å². The first-order valence-electron chi connectivity index (χ1n) is 6.73. The van der Waals surface area contributed by atoms with E-state index in [1.807, 2.05) is 0 Å². The lowest BCUT2D eigenvalue weighted by Crippen LogP contribution is -2.30. The number of rotatable bonds is 7. The van der Waals surface area contributed by atoms with Crippen LogP contribution >= 0.6 is 0 Å². The first-order valence-corrected chi connectivity index (χ1v) is 8.27. The van der Waals surface area contributed by atoms with Crippen molar-refractivity contribution in [2.45, 2.75) is 32.1 Å². The summed E-state index contributed by atoms with van der Waals surface area (Å²) >= 11 is 0. The van der Waals surface area contributed by atoms with Gasteiger partial charge in [0.2, 0.25) is 10.0 Å². The molecule has 0 aliphatic carbocycles. The van der Waals surface area contributed by atoms with E-state index in [0.29, 0.717) is 23.8 Å². The van der Waals surface area contributed by atoms with Gasteiger partial charge in [0.25, 0.3) is 5.91 Å². The zero-order valence-electron chi connectivity index (χ0n) is 12.5. The Labute approximate surface area is 125 Å². The van der Waals surface area contributed by atoms with Gasteiger partial charge in [0.1, 0.15) is 5.75 Å². The van der Waals surface area contributed by atoms with Crippen molar-refractivity contribution in [2.24, 2.45) is 11.1 Å². The van der Waals surface area contributed by atoms with Gasteiger partial charge in [-0.05, 0) is 43.0 Å². The van der Waals surface area contributed by atoms with Crippen LogP contribution in [0.5, 0.6) is 5.75 Å². The molecule has 0 saturated heterocycles. The maximum atomic E-state index is 11.6. The van der Waals surface area contributed by atoms with Gasteiger partial charge in [0.15, 0.2) is 6.61 Å². The highest BCUT2D eigenvalue weighted by Gasteiger charge is 2.12. The third-order valence-electron chi connectivity index (χ3n) is 2.87. The number of carbonyl (C=O) groups excluding carboxylic acids is 1. The lowest BCUT2D eigenvalue weighted by Gasteiger charge is -2.10. The standard InChI is InChI=1S/C14H22N2O4S/c1-10(2)6-7-16-14(17)9-20-12-4-5-13(11(3)8-12)21(15,18)19/h4-5,8,10H,6-7,9H2,1-3H3,(H,16,17)(H2,15,18,19). The summed E-state index contributed by atoms with van der Waals surface area (Å²) in [7, 11) is -3.74. The summed E-state index contributed by atoms with van der Waals surface area (Å²) < 4.78 is 27.9. The van der Waals surface area contributed by atoms with Crippen molar-refractivity contribution in [3.8, 4) is 5.75 Å². The number of ether oxygens (including phenoxy) is 1. The van der Waals surface area contributed by atoms with Crippen molar-refractivity contribution in [1.29, 1.82) is 0 Å². The first-order chi connectivity index (χ1) is 9.70. The predicted octanol–water partition coefficient (Wildman–Crippen LogP) is 1.18. The fourth-order valence-corrected chi connectivity index (χ4v) is 2.50. The number of amides is 1. The molecule has 0 aromatic heterocycles. The molecule has 1 aromatic rings. The molecule has 21 heavy (non-hydrogen) atoms. The highest BCUT2D eigenvalue weighted by Crippen LogP contribution is 2.20. The number of nitrogens with one attached hydrogen (secondary N) is 1. The Bertz CT molecular complexity index is 597. The molecule has 0 spiro atoms. The van der Waals surface area contributed by atoms with Crippen molar-refractivity contribution in [3.63, 3.8) is 0 Å². The maximum absolute atomic E-state index is 11.6. The molecule has 0 unspecified atom stereocenters. The van der Waals surface area contributed by atoms with Gasteiger partial charge in [-0.15, -0.1) is 0 Å². The maximum Gasteiger partial charge on any atom is 0.257 e. The van der Waals surface area contributed by atoms with Crippen LogP contribution in [0.1, 0.15) is 25.8 Å². The Morgan fingerprint density at radius 1 is 1.38 bits per heavy atom. The number of hydrogen-bond acceptors (Lipinski definition) is 4. The number of benzene rings is 1. The smallest absolute Gasteiger partial charge is 0.257 e. The van der Waals surface area contributed by atoms with Gasteiger partial charge < -0.3 is 10.1 Å². The van der Waals surface area contributed by atoms with Crippen LogP contribution < -0.4 is 15.2 Å². The Kier molecular flexibility index (Phi) is 6.17. The summed E-state index contributed by atoms with van der Waals surface area (Å²) in [6, 6.07) is 4.39. The Morgan fingerprint density at radius 3 is 2.57 bits per heavy atom. The molecular weight excluding hydrogens is 292 g/mol. The Morgan fingerprint density at radius 2 is 2.05 bits per heavy atom. The number of nitrogens with two attached hydrogens (primary N) is 1. The lowest BCUT2D eigenvalue weighted by atomic mass is 10.1. The molecule has 1 aromatic carbocycles. The Hall–Kier alpha value is -1.60. The van der Waals surface area contributed by atoms with Gasteiger partial charge in [0, 0.05) is 6.54 Å². The van der Waals surface area contributed by atoms with Gasteiger partial charge in [0.05, 0.1) is 4.90 Å². The fraction of sp³-hybridized carbons (Fsp3) is 0.500. The minimum absolute atomic E-state index is 0.0521. The summed E-state index contributed by atoms with van der Waals surface area (Å²) in [6.07, 6.45) is 0.911. The Balaban J connectivity index is 2.53. The van der Waals surface area contributed by atoms with Crippen LogP contribution in [0.3, 0.4) is 0 Å². The van der Waals surface area contributed by atoms with Gasteiger partial charge in [-0.3, -0.25) is 4.79 Å². The van der Waals surface area contributed by atoms with Crippen molar-refractivity contribution in [1.82, 2.24) is 5.32 Å². The quantitative estimate of drug-likeness (QED) is 0.789. The topological polar surface area (TPSA) is 98.5 Å². The molecular formula is C14H22N2O4S. The van der Waals surface area contributed by atoms with E-state index < -0.39 is 10.0 Å². The molecule has 7 heteroatoms. The lowest BCUT2D eigenvalue weighted by molar-refractivity contribution is -0.123. The minimum atomic E-state index is -3.74. The molecule has 0 heterocycles. The largest absolute Gasteiger partial charge is 0.484 e. The fourth-order valence-electron chi connectivity index (χ4n) is 1.73. The van der Waals surface area contributed by atoms with E-state index in [9.17, 15) is 13.2 Å². The number of aryl methyl sites for hydroxylation is 1. The second-order valence-electron chi connectivity index (χ2n) is 5.29. The van der Waals surface area contributed by atoms with E-state index in [0.717, 1.165) is 6.42 Å². The third kappa shape index (κ3) is 6.14. The summed E-state index contributed by atoms with van der Waals surface area (Å²) in [4.78, 5) is 11.6. The second kappa shape index (κ2) is 7.42. The van der Waals surface area contributed by atoms with Gasteiger partial charge in [-0.2, -0.15) is 0 Å². The summed E-state index contributed by atoms with van der Waals surface area (Å²) in [6.45, 7) is 6.29. The van der Waals surface area contributed by atoms with E-state index in [2.05, 4.69) is 19.2 Å². The van der Waals surface area contributed by atoms with E-state index in [1.54, 1.807) is 13.0 Å². The normalized spacial score (nSPS) is 11.5. The van der Waals surface area contributed by atoms with Crippen LogP contribution in [-0.4, -0.2) is 27.5 Å². The van der Waals surface area contributed by atoms with Crippen molar-refractivity contribution < 1.29 is 17.9 Å². The van der Waals surface area contributed by atoms with Crippen molar-refractivity contribution in [3.05, 3.63) is 23.8 Å². The third-order valence-corrected chi connectivity index (χ3v) is 3.94. The first kappa shape index (κ1) is 17.5. The highest BCUT2D eigenvalue weighted by molar-refractivity contribution is 7.89. The molecule has 0 aliphatic heterocycles. The van der Waals surface area contributed by atoms with Crippen LogP contribution in [-0.2, 0) is 14.8 Å². The molecule has 0 saturated carbocycles. The van der Waals surface area contributed by atoms with Crippen LogP contribution in [0, 0.1) is 12.8 Å². The number of primary sulfonamides is 1. The summed E-state index contributed by atoms with van der Waals surface area (Å²) in [5.74, 6) is 0.752. The van der Waals surface area contributed by atoms with Gasteiger partial charge in [-0.1, -0.05) is 13.8 Å². The average molecular weight is 314 g/mol. The average Bonchev–Trinajstić information content (AvgIpc) is 2.34. The zero-order chi connectivity index (χ0) is 16.0. The molecule has 0 radical (unpaired) electrons. The van der Waals surface area contributed by atoms with Crippen LogP contribution in [0.25, 0.3) is 0 Å². The number of hydrogen-bond donors (Lipinski definition) is 2. The molecule has 118 valence electrons. The minimum Gasteiger partial charge on any atom is -0.484 e. The highest BCUT2D eigenvalue weighted by atomic mass is 32.2. The molecule has 1 amide bonds. The molecule has 3 N–H and O–H groups in total. The van der Waals surface area contributed by atoms with Crippen molar-refractivity contribution in [2.75, 3.05) is 13.2 Å². The van der Waals surface area contributed by atoms with Crippen LogP contribution in [0.2, 0.25) is 0 Å². The molecule has 6 nitrogen and oxygen atoms in total. The van der Waals surface area contributed by atoms with Gasteiger partial charge >= 0.3 is 0 Å². The zero-order valence-corrected chi connectivity index (χ0v) is 13.4. The molecule has 0 aliphatic rings. The van der Waals surface area contributed by atoms with E-state index in [-0.39, 0.29) is 17.4 Å². The SMILES string of the molecule is Cc1cc(OCC(=O)NCCC(C)C)ccc1S(N)(=O)=O. The number of carbonyl (C=O) groups is 1. The van der Waals surface area contributed by atoms with Crippen LogP contribution in [0.4, 0.5) is 0 Å². The summed E-state index contributed by atoms with van der Waals surface area (Å²) in [5, 5.41) is 7.83. The molecule has 0 atom stereocenters. The van der Waals surface area contributed by atoms with Crippen LogP contribution in [0.15, 0.2) is 23.1 Å². The molecule has 1 rings (SSSR count). The monoisotopic (exact) mass is 314 g/mol.